The Morgan fingerprint density at radius 3 is 2.18 bits per heavy atom. The van der Waals surface area contributed by atoms with Crippen LogP contribution < -0.4 is 39.4 Å². The lowest BCUT2D eigenvalue weighted by Gasteiger charge is -2.25. The summed E-state index contributed by atoms with van der Waals surface area (Å²) in [6, 6.07) is 31.6. The summed E-state index contributed by atoms with van der Waals surface area (Å²) in [4.78, 5) is 22.9. The van der Waals surface area contributed by atoms with Crippen molar-refractivity contribution in [2.75, 3.05) is 48.2 Å². The van der Waals surface area contributed by atoms with Gasteiger partial charge in [-0.3, -0.25) is 9.79 Å². The molecule has 0 saturated heterocycles. The molecule has 1 amide bonds. The third kappa shape index (κ3) is 9.16. The molecule has 3 aliphatic heterocycles. The summed E-state index contributed by atoms with van der Waals surface area (Å²) in [5, 5.41) is 6.80. The van der Waals surface area contributed by atoms with E-state index in [9.17, 15) is 4.79 Å². The Morgan fingerprint density at radius 2 is 1.50 bits per heavy atom. The number of amides is 1. The minimum atomic E-state index is -0.261. The second-order valence-corrected chi connectivity index (χ2v) is 17.9. The predicted molar refractivity (Wildman–Crippen MR) is 246 cm³/mol. The second-order valence-electron chi connectivity index (χ2n) is 16.7. The summed E-state index contributed by atoms with van der Waals surface area (Å²) in [6.45, 7) is 8.11. The summed E-state index contributed by atoms with van der Waals surface area (Å²) in [5.74, 6) is 2.42. The van der Waals surface area contributed by atoms with Crippen molar-refractivity contribution < 1.29 is 23.7 Å². The monoisotopic (exact) mass is 825 g/mol. The molecular weight excluding hydrogens is 771 g/mol. The van der Waals surface area contributed by atoms with Crippen LogP contribution in [0.5, 0.6) is 23.0 Å². The molecule has 60 heavy (non-hydrogen) atoms. The van der Waals surface area contributed by atoms with Crippen molar-refractivity contribution in [3.05, 3.63) is 124 Å². The van der Waals surface area contributed by atoms with Gasteiger partial charge < -0.3 is 39.4 Å². The van der Waals surface area contributed by atoms with Gasteiger partial charge in [-0.1, -0.05) is 50.2 Å². The molecule has 0 radical (unpaired) electrons. The number of nitrogens with one attached hydrogen (secondary N) is 2. The quantitative estimate of drug-likeness (QED) is 0.0753. The van der Waals surface area contributed by atoms with Crippen molar-refractivity contribution >= 4 is 53.2 Å². The van der Waals surface area contributed by atoms with Gasteiger partial charge in [0.15, 0.2) is 23.0 Å². The number of benzene rings is 5. The molecule has 5 aromatic rings. The maximum atomic E-state index is 13.2. The van der Waals surface area contributed by atoms with E-state index in [-0.39, 0.29) is 29.9 Å². The van der Waals surface area contributed by atoms with Crippen molar-refractivity contribution in [3.8, 4) is 23.0 Å². The van der Waals surface area contributed by atoms with E-state index in [1.807, 2.05) is 63.4 Å². The number of thiol groups is 1. The molecule has 5 aromatic carbocycles. The van der Waals surface area contributed by atoms with E-state index >= 15 is 0 Å². The Hall–Kier alpha value is -5.81. The molecule has 2 atom stereocenters. The minimum absolute atomic E-state index is 0.0811. The molecule has 0 aromatic heterocycles. The highest BCUT2D eigenvalue weighted by molar-refractivity contribution is 7.81. The van der Waals surface area contributed by atoms with Gasteiger partial charge in [-0.2, -0.15) is 12.6 Å². The van der Waals surface area contributed by atoms with Crippen LogP contribution in [0.3, 0.4) is 0 Å². The Morgan fingerprint density at radius 1 is 0.850 bits per heavy atom. The number of nitrogens with zero attached hydrogens (tertiary/aromatic N) is 3. The maximum absolute atomic E-state index is 13.2. The molecule has 0 saturated carbocycles. The van der Waals surface area contributed by atoms with Crippen LogP contribution in [0.2, 0.25) is 0 Å². The first-order valence-corrected chi connectivity index (χ1v) is 21.1. The molecule has 11 heteroatoms. The third-order valence-electron chi connectivity index (χ3n) is 11.7. The number of carbonyl (C=O) groups is 1. The van der Waals surface area contributed by atoms with Gasteiger partial charge in [0.05, 0.1) is 32.0 Å². The number of anilines is 4. The van der Waals surface area contributed by atoms with E-state index in [1.54, 1.807) is 14.2 Å². The maximum Gasteiger partial charge on any atom is 0.224 e. The number of ether oxygens (including phenoxy) is 4. The van der Waals surface area contributed by atoms with Crippen LogP contribution in [0, 0.1) is 6.92 Å². The van der Waals surface area contributed by atoms with Crippen molar-refractivity contribution in [1.29, 1.82) is 0 Å². The first-order valence-electron chi connectivity index (χ1n) is 20.7. The first kappa shape index (κ1) is 40.9. The number of para-hydroxylation sites is 2. The van der Waals surface area contributed by atoms with Crippen LogP contribution in [-0.2, 0) is 37.4 Å². The van der Waals surface area contributed by atoms with Crippen molar-refractivity contribution in [1.82, 2.24) is 0 Å². The summed E-state index contributed by atoms with van der Waals surface area (Å²) in [7, 11) is 5.42. The molecule has 312 valence electrons. The first-order chi connectivity index (χ1) is 28.9. The molecule has 0 aliphatic carbocycles. The minimum Gasteiger partial charge on any atom is -0.493 e. The number of hydrogen-bond donors (Lipinski definition) is 3. The highest BCUT2D eigenvalue weighted by Gasteiger charge is 2.32. The van der Waals surface area contributed by atoms with Crippen LogP contribution in [0.25, 0.3) is 0 Å². The van der Waals surface area contributed by atoms with Gasteiger partial charge in [-0.15, -0.1) is 0 Å². The summed E-state index contributed by atoms with van der Waals surface area (Å²) in [5.41, 5.74) is 11.6. The molecule has 10 nitrogen and oxygen atoms in total. The highest BCUT2D eigenvalue weighted by atomic mass is 32.1. The number of rotatable bonds is 14. The fourth-order valence-corrected chi connectivity index (χ4v) is 8.53. The van der Waals surface area contributed by atoms with Gasteiger partial charge in [-0.05, 0) is 102 Å². The zero-order valence-corrected chi connectivity index (χ0v) is 36.3. The second kappa shape index (κ2) is 17.4. The van der Waals surface area contributed by atoms with Crippen LogP contribution in [0.1, 0.15) is 60.1 Å². The van der Waals surface area contributed by atoms with Crippen molar-refractivity contribution in [3.63, 3.8) is 0 Å². The SMILES string of the molecule is COc1cc(C)c(N=CC2Cc3ccccc3N2C)cc1OCc1cc(COc2cc3c(cc2OC)CN2c4ccccc4C[C@H]2CN3)cc(NC(=O)CCC(C)(C)S)c1. The molecule has 2 N–H and O–H groups in total. The average Bonchev–Trinajstić information content (AvgIpc) is 3.69. The van der Waals surface area contributed by atoms with Crippen LogP contribution >= 0.6 is 12.6 Å². The third-order valence-corrected chi connectivity index (χ3v) is 11.9. The van der Waals surface area contributed by atoms with Crippen LogP contribution in [-0.4, -0.2) is 56.8 Å². The average molecular weight is 826 g/mol. The lowest BCUT2D eigenvalue weighted by atomic mass is 10.1. The summed E-state index contributed by atoms with van der Waals surface area (Å²) < 4.78 is 24.4. The molecule has 0 fully saturated rings. The van der Waals surface area contributed by atoms with E-state index in [4.69, 9.17) is 23.9 Å². The normalized spacial score (nSPS) is 16.6. The molecule has 0 bridgehead atoms. The van der Waals surface area contributed by atoms with Crippen LogP contribution in [0.4, 0.5) is 28.4 Å². The smallest absolute Gasteiger partial charge is 0.224 e. The largest absolute Gasteiger partial charge is 0.493 e. The zero-order chi connectivity index (χ0) is 42.0. The Bertz CT molecular complexity index is 2410. The van der Waals surface area contributed by atoms with Gasteiger partial charge in [-0.25, -0.2) is 0 Å². The zero-order valence-electron chi connectivity index (χ0n) is 35.4. The lowest BCUT2D eigenvalue weighted by molar-refractivity contribution is -0.116. The van der Waals surface area contributed by atoms with Crippen molar-refractivity contribution in [2.45, 2.75) is 83.0 Å². The van der Waals surface area contributed by atoms with E-state index < -0.39 is 0 Å². The molecule has 3 aliphatic rings. The van der Waals surface area contributed by atoms with Gasteiger partial charge in [0, 0.05) is 72.4 Å². The molecule has 8 rings (SSSR count). The summed E-state index contributed by atoms with van der Waals surface area (Å²) >= 11 is 4.62. The topological polar surface area (TPSA) is 96.9 Å². The van der Waals surface area contributed by atoms with E-state index in [2.05, 4.69) is 94.7 Å². The van der Waals surface area contributed by atoms with E-state index in [0.717, 1.165) is 59.6 Å². The number of aliphatic imine (C=N–C) groups is 1. The highest BCUT2D eigenvalue weighted by Crippen LogP contribution is 2.41. The molecule has 3 heterocycles. The molecule has 0 spiro atoms. The number of aryl methyl sites for hydroxylation is 1. The Kier molecular flexibility index (Phi) is 11.9. The fourth-order valence-electron chi connectivity index (χ4n) is 8.42. The predicted octanol–water partition coefficient (Wildman–Crippen LogP) is 9.72. The van der Waals surface area contributed by atoms with Gasteiger partial charge >= 0.3 is 0 Å². The molecule has 1 unspecified atom stereocenters. The van der Waals surface area contributed by atoms with Gasteiger partial charge in [0.1, 0.15) is 13.2 Å². The standard InChI is InChI=1S/C49H55N5O5S/c1-31-17-44(56-5)46(24-40(31)50-26-38-21-34-11-7-9-13-42(34)53(38)4)58-29-32-18-33(20-37(19-32)52-48(55)15-16-49(2,3)60)30-59-47-25-41-36(23-45(47)57-6)28-54-39(27-51-41)22-35-12-8-10-14-43(35)54/h7-14,17-20,23-26,38-39,51,60H,15-16,21-22,27-30H2,1-6H3,(H,52,55)/t38?,39-/m0/s1. The Labute approximate surface area is 359 Å². The summed E-state index contributed by atoms with van der Waals surface area (Å²) in [6.07, 6.45) is 4.93. The number of fused-ring (bicyclic) bond motifs is 5. The fraction of sp³-hybridized carbons (Fsp3) is 0.347. The van der Waals surface area contributed by atoms with Gasteiger partial charge in [0.2, 0.25) is 5.91 Å². The van der Waals surface area contributed by atoms with Crippen LogP contribution in [0.15, 0.2) is 96.0 Å². The number of hydrogen-bond acceptors (Lipinski definition) is 10. The van der Waals surface area contributed by atoms with E-state index in [1.165, 1.54) is 22.5 Å². The molecular formula is C49H55N5O5S. The lowest BCUT2D eigenvalue weighted by Crippen LogP contribution is -2.34. The van der Waals surface area contributed by atoms with Gasteiger partial charge in [0.25, 0.3) is 0 Å². The number of carbonyl (C=O) groups excluding carboxylic acids is 1. The van der Waals surface area contributed by atoms with Crippen molar-refractivity contribution in [2.24, 2.45) is 4.99 Å². The number of likely N-dealkylation sites (N-methyl/N-ethyl adjacent to an activating group) is 1. The number of methoxy groups -OCH3 is 2. The Balaban J connectivity index is 1.01. The van der Waals surface area contributed by atoms with E-state index in [0.29, 0.717) is 47.6 Å².